The third-order valence-electron chi connectivity index (χ3n) is 3.97. The normalized spacial score (nSPS) is 15.3. The number of carbonyl (C=O) groups is 1. The first-order valence-corrected chi connectivity index (χ1v) is 7.56. The van der Waals surface area contributed by atoms with Crippen molar-refractivity contribution in [1.29, 1.82) is 0 Å². The molecule has 1 fully saturated rings. The van der Waals surface area contributed by atoms with Crippen molar-refractivity contribution in [3.05, 3.63) is 65.5 Å². The number of halogens is 1. The quantitative estimate of drug-likeness (QED) is 0.768. The molecule has 0 heterocycles. The third kappa shape index (κ3) is 3.52. The number of carbonyl (C=O) groups excluding carboxylic acids is 1. The lowest BCUT2D eigenvalue weighted by Crippen LogP contribution is -2.25. The number of nitrogens with one attached hydrogen (secondary N) is 2. The Morgan fingerprint density at radius 3 is 2.73 bits per heavy atom. The predicted molar refractivity (Wildman–Crippen MR) is 85.1 cm³/mol. The van der Waals surface area contributed by atoms with Gasteiger partial charge in [-0.25, -0.2) is 4.39 Å². The molecular formula is C18H19FN2O. The fourth-order valence-electron chi connectivity index (χ4n) is 2.60. The maximum Gasteiger partial charge on any atom is 0.211 e. The highest BCUT2D eigenvalue weighted by atomic mass is 19.1. The summed E-state index contributed by atoms with van der Waals surface area (Å²) in [6.07, 6.45) is 3.13. The smallest absolute Gasteiger partial charge is 0.211 e. The molecule has 1 saturated carbocycles. The number of amides is 1. The van der Waals surface area contributed by atoms with E-state index in [1.165, 1.54) is 18.9 Å². The van der Waals surface area contributed by atoms with Crippen LogP contribution in [0, 0.1) is 11.7 Å². The van der Waals surface area contributed by atoms with Gasteiger partial charge in [-0.05, 0) is 49.1 Å². The van der Waals surface area contributed by atoms with Crippen LogP contribution in [0.25, 0.3) is 0 Å². The Morgan fingerprint density at radius 2 is 2.00 bits per heavy atom. The molecule has 0 bridgehead atoms. The van der Waals surface area contributed by atoms with Crippen LogP contribution < -0.4 is 10.6 Å². The average Bonchev–Trinajstić information content (AvgIpc) is 3.34. The van der Waals surface area contributed by atoms with Crippen molar-refractivity contribution >= 4 is 12.1 Å². The van der Waals surface area contributed by atoms with E-state index in [9.17, 15) is 9.18 Å². The second-order valence-electron chi connectivity index (χ2n) is 5.69. The molecule has 1 aliphatic rings. The summed E-state index contributed by atoms with van der Waals surface area (Å²) >= 11 is 0. The van der Waals surface area contributed by atoms with Gasteiger partial charge in [0, 0.05) is 11.3 Å². The van der Waals surface area contributed by atoms with E-state index < -0.39 is 0 Å². The summed E-state index contributed by atoms with van der Waals surface area (Å²) in [5, 5.41) is 6.11. The molecule has 1 atom stereocenters. The highest BCUT2D eigenvalue weighted by Crippen LogP contribution is 2.31. The number of benzene rings is 2. The van der Waals surface area contributed by atoms with Gasteiger partial charge in [0.25, 0.3) is 0 Å². The van der Waals surface area contributed by atoms with Crippen LogP contribution in [0.5, 0.6) is 0 Å². The molecule has 1 unspecified atom stereocenters. The fourth-order valence-corrected chi connectivity index (χ4v) is 2.60. The lowest BCUT2D eigenvalue weighted by atomic mass is 9.97. The van der Waals surface area contributed by atoms with Crippen molar-refractivity contribution in [2.75, 3.05) is 11.9 Å². The predicted octanol–water partition coefficient (Wildman–Crippen LogP) is 3.48. The van der Waals surface area contributed by atoms with Gasteiger partial charge in [0.15, 0.2) is 0 Å². The number of hydrogen-bond acceptors (Lipinski definition) is 2. The second kappa shape index (κ2) is 6.71. The minimum atomic E-state index is -0.218. The summed E-state index contributed by atoms with van der Waals surface area (Å²) in [6.45, 7) is 0.879. The van der Waals surface area contributed by atoms with Crippen LogP contribution in [0.3, 0.4) is 0 Å². The van der Waals surface area contributed by atoms with E-state index in [1.807, 2.05) is 30.3 Å². The molecule has 2 aromatic carbocycles. The molecule has 1 amide bonds. The maximum atomic E-state index is 14.2. The standard InChI is InChI=1S/C18H19FN2O/c19-17-7-2-1-6-16(17)18(20-11-13-8-9-13)14-4-3-5-15(10-14)21-12-22/h1-7,10,12-13,18,20H,8-9,11H2,(H,21,22). The van der Waals surface area contributed by atoms with Gasteiger partial charge in [0.05, 0.1) is 6.04 Å². The number of hydrogen-bond donors (Lipinski definition) is 2. The minimum Gasteiger partial charge on any atom is -0.329 e. The number of anilines is 1. The molecule has 0 saturated heterocycles. The molecule has 3 nitrogen and oxygen atoms in total. The van der Waals surface area contributed by atoms with Gasteiger partial charge in [-0.2, -0.15) is 0 Å². The Hall–Kier alpha value is -2.20. The summed E-state index contributed by atoms with van der Waals surface area (Å²) < 4.78 is 14.2. The molecule has 4 heteroatoms. The highest BCUT2D eigenvalue weighted by Gasteiger charge is 2.24. The van der Waals surface area contributed by atoms with Gasteiger partial charge in [0.2, 0.25) is 6.41 Å². The van der Waals surface area contributed by atoms with E-state index in [-0.39, 0.29) is 11.9 Å². The lowest BCUT2D eigenvalue weighted by Gasteiger charge is -2.21. The summed E-state index contributed by atoms with van der Waals surface area (Å²) in [5.41, 5.74) is 2.28. The van der Waals surface area contributed by atoms with E-state index in [0.717, 1.165) is 12.1 Å². The summed E-state index contributed by atoms with van der Waals surface area (Å²) in [6, 6.07) is 14.1. The van der Waals surface area contributed by atoms with Crippen molar-refractivity contribution in [3.63, 3.8) is 0 Å². The van der Waals surface area contributed by atoms with Crippen molar-refractivity contribution in [3.8, 4) is 0 Å². The molecule has 1 aliphatic carbocycles. The zero-order valence-electron chi connectivity index (χ0n) is 12.3. The Balaban J connectivity index is 1.91. The van der Waals surface area contributed by atoms with Gasteiger partial charge < -0.3 is 10.6 Å². The van der Waals surface area contributed by atoms with Gasteiger partial charge in [-0.1, -0.05) is 30.3 Å². The summed E-state index contributed by atoms with van der Waals surface area (Å²) in [4.78, 5) is 10.6. The van der Waals surface area contributed by atoms with Gasteiger partial charge in [-0.15, -0.1) is 0 Å². The first kappa shape index (κ1) is 14.7. The SMILES string of the molecule is O=CNc1cccc(C(NCC2CC2)c2ccccc2F)c1. The first-order valence-electron chi connectivity index (χ1n) is 7.56. The summed E-state index contributed by atoms with van der Waals surface area (Å²) in [5.74, 6) is 0.482. The van der Waals surface area contributed by atoms with Crippen molar-refractivity contribution in [1.82, 2.24) is 5.32 Å². The second-order valence-corrected chi connectivity index (χ2v) is 5.69. The monoisotopic (exact) mass is 298 g/mol. The van der Waals surface area contributed by atoms with Crippen LogP contribution in [0.1, 0.15) is 30.0 Å². The third-order valence-corrected chi connectivity index (χ3v) is 3.97. The molecule has 114 valence electrons. The van der Waals surface area contributed by atoms with Crippen LogP contribution in [-0.4, -0.2) is 13.0 Å². The first-order chi connectivity index (χ1) is 10.8. The maximum absolute atomic E-state index is 14.2. The molecule has 22 heavy (non-hydrogen) atoms. The zero-order valence-corrected chi connectivity index (χ0v) is 12.3. The molecular weight excluding hydrogens is 279 g/mol. The van der Waals surface area contributed by atoms with E-state index in [4.69, 9.17) is 0 Å². The van der Waals surface area contributed by atoms with E-state index >= 15 is 0 Å². The Labute approximate surface area is 129 Å². The Morgan fingerprint density at radius 1 is 1.18 bits per heavy atom. The fraction of sp³-hybridized carbons (Fsp3) is 0.278. The minimum absolute atomic E-state index is 0.213. The zero-order chi connectivity index (χ0) is 15.4. The van der Waals surface area contributed by atoms with Crippen molar-refractivity contribution in [2.45, 2.75) is 18.9 Å². The Kier molecular flexibility index (Phi) is 4.49. The average molecular weight is 298 g/mol. The van der Waals surface area contributed by atoms with Crippen LogP contribution in [0.2, 0.25) is 0 Å². The van der Waals surface area contributed by atoms with Crippen LogP contribution in [-0.2, 0) is 4.79 Å². The van der Waals surface area contributed by atoms with E-state index in [1.54, 1.807) is 12.1 Å². The molecule has 3 rings (SSSR count). The van der Waals surface area contributed by atoms with Gasteiger partial charge in [0.1, 0.15) is 5.82 Å². The van der Waals surface area contributed by atoms with Crippen LogP contribution in [0.4, 0.5) is 10.1 Å². The van der Waals surface area contributed by atoms with Crippen LogP contribution >= 0.6 is 0 Å². The summed E-state index contributed by atoms with van der Waals surface area (Å²) in [7, 11) is 0. The Bertz CT molecular complexity index is 655. The topological polar surface area (TPSA) is 41.1 Å². The number of rotatable bonds is 7. The van der Waals surface area contributed by atoms with Crippen LogP contribution in [0.15, 0.2) is 48.5 Å². The van der Waals surface area contributed by atoms with E-state index in [0.29, 0.717) is 23.6 Å². The van der Waals surface area contributed by atoms with Gasteiger partial charge >= 0.3 is 0 Å². The highest BCUT2D eigenvalue weighted by molar-refractivity contribution is 5.71. The molecule has 2 aromatic rings. The molecule has 0 spiro atoms. The van der Waals surface area contributed by atoms with Gasteiger partial charge in [-0.3, -0.25) is 4.79 Å². The lowest BCUT2D eigenvalue weighted by molar-refractivity contribution is -0.105. The molecule has 0 aliphatic heterocycles. The van der Waals surface area contributed by atoms with Crippen molar-refractivity contribution in [2.24, 2.45) is 5.92 Å². The molecule has 0 aromatic heterocycles. The van der Waals surface area contributed by atoms with E-state index in [2.05, 4.69) is 10.6 Å². The largest absolute Gasteiger partial charge is 0.329 e. The molecule has 0 radical (unpaired) electrons. The molecule has 2 N–H and O–H groups in total. The van der Waals surface area contributed by atoms with Crippen molar-refractivity contribution < 1.29 is 9.18 Å².